The van der Waals surface area contributed by atoms with Crippen LogP contribution in [0, 0.1) is 0 Å². The molecule has 1 fully saturated rings. The summed E-state index contributed by atoms with van der Waals surface area (Å²) in [5.74, 6) is 1.25. The molecule has 0 spiro atoms. The molecule has 0 bridgehead atoms. The van der Waals surface area contributed by atoms with Crippen LogP contribution in [0.3, 0.4) is 0 Å². The van der Waals surface area contributed by atoms with E-state index < -0.39 is 0 Å². The Morgan fingerprint density at radius 1 is 1.44 bits per heavy atom. The third-order valence-electron chi connectivity index (χ3n) is 3.11. The lowest BCUT2D eigenvalue weighted by molar-refractivity contribution is 0.552. The molecule has 1 aliphatic rings. The van der Waals surface area contributed by atoms with Gasteiger partial charge in [-0.25, -0.2) is 4.98 Å². The van der Waals surface area contributed by atoms with Crippen LogP contribution in [0.2, 0.25) is 0 Å². The molecule has 0 aromatic carbocycles. The first-order chi connectivity index (χ1) is 7.90. The van der Waals surface area contributed by atoms with Crippen LogP contribution in [0.1, 0.15) is 44.9 Å². The molecule has 0 radical (unpaired) electrons. The number of aromatic nitrogens is 2. The van der Waals surface area contributed by atoms with E-state index in [1.54, 1.807) is 0 Å². The van der Waals surface area contributed by atoms with E-state index >= 15 is 0 Å². The first-order valence-corrected chi connectivity index (χ1v) is 6.63. The average molecular weight is 221 g/mol. The van der Waals surface area contributed by atoms with Crippen molar-refractivity contribution in [3.05, 3.63) is 18.2 Å². The van der Waals surface area contributed by atoms with E-state index in [9.17, 15) is 0 Å². The highest BCUT2D eigenvalue weighted by atomic mass is 15.1. The SMILES string of the molecule is CCCc1nccn1CCCCNC1CC1. The molecular formula is C13H23N3. The minimum absolute atomic E-state index is 0.851. The molecule has 0 saturated heterocycles. The molecule has 1 N–H and O–H groups in total. The maximum atomic E-state index is 4.39. The van der Waals surface area contributed by atoms with Gasteiger partial charge in [0, 0.05) is 31.4 Å². The predicted molar refractivity (Wildman–Crippen MR) is 66.5 cm³/mol. The smallest absolute Gasteiger partial charge is 0.108 e. The molecule has 0 amide bonds. The molecule has 1 saturated carbocycles. The van der Waals surface area contributed by atoms with E-state index in [0.717, 1.165) is 19.0 Å². The molecule has 90 valence electrons. The van der Waals surface area contributed by atoms with E-state index in [-0.39, 0.29) is 0 Å². The second kappa shape index (κ2) is 6.04. The number of nitrogens with zero attached hydrogens (tertiary/aromatic N) is 2. The topological polar surface area (TPSA) is 29.9 Å². The highest BCUT2D eigenvalue weighted by Crippen LogP contribution is 2.18. The molecule has 1 aliphatic carbocycles. The van der Waals surface area contributed by atoms with Gasteiger partial charge < -0.3 is 9.88 Å². The first kappa shape index (κ1) is 11.6. The lowest BCUT2D eigenvalue weighted by Crippen LogP contribution is -2.17. The Balaban J connectivity index is 1.61. The fourth-order valence-corrected chi connectivity index (χ4v) is 2.00. The molecule has 3 heteroatoms. The molecule has 1 aromatic rings. The minimum Gasteiger partial charge on any atom is -0.335 e. The Bertz CT molecular complexity index is 302. The van der Waals surface area contributed by atoms with E-state index in [2.05, 4.69) is 28.0 Å². The molecule has 16 heavy (non-hydrogen) atoms. The van der Waals surface area contributed by atoms with Crippen molar-refractivity contribution < 1.29 is 0 Å². The zero-order valence-corrected chi connectivity index (χ0v) is 10.3. The zero-order chi connectivity index (χ0) is 11.2. The number of hydrogen-bond acceptors (Lipinski definition) is 2. The number of aryl methyl sites for hydroxylation is 2. The van der Waals surface area contributed by atoms with Gasteiger partial charge >= 0.3 is 0 Å². The third-order valence-corrected chi connectivity index (χ3v) is 3.11. The summed E-state index contributed by atoms with van der Waals surface area (Å²) >= 11 is 0. The second-order valence-electron chi connectivity index (χ2n) is 4.72. The molecule has 0 atom stereocenters. The number of rotatable bonds is 8. The lowest BCUT2D eigenvalue weighted by Gasteiger charge is -2.07. The monoisotopic (exact) mass is 221 g/mol. The van der Waals surface area contributed by atoms with Crippen molar-refractivity contribution in [1.82, 2.24) is 14.9 Å². The largest absolute Gasteiger partial charge is 0.335 e. The molecule has 3 nitrogen and oxygen atoms in total. The minimum atomic E-state index is 0.851. The highest BCUT2D eigenvalue weighted by Gasteiger charge is 2.19. The summed E-state index contributed by atoms with van der Waals surface area (Å²) in [6.45, 7) is 4.52. The van der Waals surface area contributed by atoms with Crippen LogP contribution >= 0.6 is 0 Å². The maximum Gasteiger partial charge on any atom is 0.108 e. The van der Waals surface area contributed by atoms with Crippen molar-refractivity contribution in [2.45, 2.75) is 58.0 Å². The number of unbranched alkanes of at least 4 members (excludes halogenated alkanes) is 1. The summed E-state index contributed by atoms with van der Waals surface area (Å²) in [4.78, 5) is 4.39. The van der Waals surface area contributed by atoms with Gasteiger partial charge in [0.15, 0.2) is 0 Å². The van der Waals surface area contributed by atoms with Crippen molar-refractivity contribution >= 4 is 0 Å². The van der Waals surface area contributed by atoms with Gasteiger partial charge in [-0.05, 0) is 38.6 Å². The van der Waals surface area contributed by atoms with E-state index in [0.29, 0.717) is 0 Å². The van der Waals surface area contributed by atoms with Crippen LogP contribution in [-0.4, -0.2) is 22.1 Å². The molecule has 0 unspecified atom stereocenters. The van der Waals surface area contributed by atoms with Gasteiger partial charge in [-0.15, -0.1) is 0 Å². The molecule has 0 aliphatic heterocycles. The van der Waals surface area contributed by atoms with E-state index in [4.69, 9.17) is 0 Å². The van der Waals surface area contributed by atoms with Gasteiger partial charge in [0.1, 0.15) is 5.82 Å². The Hall–Kier alpha value is -0.830. The van der Waals surface area contributed by atoms with Crippen molar-refractivity contribution in [2.24, 2.45) is 0 Å². The van der Waals surface area contributed by atoms with Crippen LogP contribution in [0.25, 0.3) is 0 Å². The Labute approximate surface area is 98.3 Å². The van der Waals surface area contributed by atoms with Gasteiger partial charge in [-0.1, -0.05) is 6.92 Å². The van der Waals surface area contributed by atoms with Crippen LogP contribution in [-0.2, 0) is 13.0 Å². The molecular weight excluding hydrogens is 198 g/mol. The van der Waals surface area contributed by atoms with Crippen molar-refractivity contribution in [2.75, 3.05) is 6.54 Å². The highest BCUT2D eigenvalue weighted by molar-refractivity contribution is 4.92. The molecule has 2 rings (SSSR count). The number of imidazole rings is 1. The summed E-state index contributed by atoms with van der Waals surface area (Å²) in [7, 11) is 0. The molecule has 1 heterocycles. The maximum absolute atomic E-state index is 4.39. The fourth-order valence-electron chi connectivity index (χ4n) is 2.00. The Morgan fingerprint density at radius 3 is 3.06 bits per heavy atom. The first-order valence-electron chi connectivity index (χ1n) is 6.63. The summed E-state index contributed by atoms with van der Waals surface area (Å²) in [6, 6.07) is 0.851. The fraction of sp³-hybridized carbons (Fsp3) is 0.769. The van der Waals surface area contributed by atoms with Crippen molar-refractivity contribution in [1.29, 1.82) is 0 Å². The Kier molecular flexibility index (Phi) is 4.40. The predicted octanol–water partition coefficient (Wildman–Crippen LogP) is 2.37. The van der Waals surface area contributed by atoms with Gasteiger partial charge in [-0.2, -0.15) is 0 Å². The van der Waals surface area contributed by atoms with Gasteiger partial charge in [0.2, 0.25) is 0 Å². The van der Waals surface area contributed by atoms with E-state index in [1.807, 2.05) is 6.20 Å². The summed E-state index contributed by atoms with van der Waals surface area (Å²) in [5, 5.41) is 3.55. The standard InChI is InChI=1S/C13H23N3/c1-2-5-13-15-9-11-16(13)10-4-3-8-14-12-6-7-12/h9,11-12,14H,2-8,10H2,1H3. The summed E-state index contributed by atoms with van der Waals surface area (Å²) in [6.07, 6.45) is 11.6. The van der Waals surface area contributed by atoms with Crippen LogP contribution in [0.5, 0.6) is 0 Å². The summed E-state index contributed by atoms with van der Waals surface area (Å²) in [5.41, 5.74) is 0. The number of hydrogen-bond donors (Lipinski definition) is 1. The van der Waals surface area contributed by atoms with E-state index in [1.165, 1.54) is 44.5 Å². The lowest BCUT2D eigenvalue weighted by atomic mass is 10.3. The van der Waals surface area contributed by atoms with Gasteiger partial charge in [-0.3, -0.25) is 0 Å². The van der Waals surface area contributed by atoms with Crippen molar-refractivity contribution in [3.63, 3.8) is 0 Å². The average Bonchev–Trinajstić information content (AvgIpc) is 3.00. The van der Waals surface area contributed by atoms with Crippen molar-refractivity contribution in [3.8, 4) is 0 Å². The normalized spacial score (nSPS) is 15.6. The summed E-state index contributed by atoms with van der Waals surface area (Å²) < 4.78 is 2.31. The van der Waals surface area contributed by atoms with Crippen LogP contribution in [0.4, 0.5) is 0 Å². The zero-order valence-electron chi connectivity index (χ0n) is 10.3. The quantitative estimate of drug-likeness (QED) is 0.683. The second-order valence-corrected chi connectivity index (χ2v) is 4.72. The number of nitrogens with one attached hydrogen (secondary N) is 1. The van der Waals surface area contributed by atoms with Gasteiger partial charge in [0.05, 0.1) is 0 Å². The third kappa shape index (κ3) is 3.63. The molecule has 1 aromatic heterocycles. The van der Waals surface area contributed by atoms with Crippen LogP contribution < -0.4 is 5.32 Å². The Morgan fingerprint density at radius 2 is 2.31 bits per heavy atom. The van der Waals surface area contributed by atoms with Gasteiger partial charge in [0.25, 0.3) is 0 Å². The van der Waals surface area contributed by atoms with Crippen LogP contribution in [0.15, 0.2) is 12.4 Å².